The van der Waals surface area contributed by atoms with Gasteiger partial charge < -0.3 is 14.8 Å². The molecule has 1 aliphatic heterocycles. The molecule has 0 spiro atoms. The Morgan fingerprint density at radius 1 is 0.862 bits per heavy atom. The fraction of sp³-hybridized carbons (Fsp3) is 0.381. The summed E-state index contributed by atoms with van der Waals surface area (Å²) < 4.78 is 9.72. The van der Waals surface area contributed by atoms with Crippen molar-refractivity contribution in [1.29, 1.82) is 0 Å². The number of nitrogens with zero attached hydrogens (tertiary/aromatic N) is 2. The molecule has 152 valence electrons. The molecule has 0 bridgehead atoms. The van der Waals surface area contributed by atoms with Gasteiger partial charge in [0.1, 0.15) is 11.8 Å². The van der Waals surface area contributed by atoms with Crippen molar-refractivity contribution >= 4 is 17.7 Å². The Morgan fingerprint density at radius 2 is 1.31 bits per heavy atom. The lowest BCUT2D eigenvalue weighted by Gasteiger charge is -2.39. The number of methoxy groups -OCH3 is 2. The van der Waals surface area contributed by atoms with Crippen molar-refractivity contribution in [3.63, 3.8) is 0 Å². The number of carbonyl (C=O) groups excluding carboxylic acids is 3. The van der Waals surface area contributed by atoms with Crippen LogP contribution < -0.4 is 5.32 Å². The van der Waals surface area contributed by atoms with E-state index < -0.39 is 41.6 Å². The molecule has 1 N–H and O–H groups in total. The van der Waals surface area contributed by atoms with E-state index in [2.05, 4.69) is 15.3 Å². The number of hydrogen-bond donors (Lipinski definition) is 1. The maximum Gasteiger partial charge on any atom is 0.317 e. The zero-order valence-electron chi connectivity index (χ0n) is 16.3. The first kappa shape index (κ1) is 20.6. The largest absolute Gasteiger partial charge is 0.468 e. The Hall–Kier alpha value is -3.13. The van der Waals surface area contributed by atoms with Gasteiger partial charge in [-0.1, -0.05) is 12.1 Å². The van der Waals surface area contributed by atoms with E-state index in [0.717, 1.165) is 11.4 Å². The van der Waals surface area contributed by atoms with Gasteiger partial charge in [0.25, 0.3) is 0 Å². The SMILES string of the molecule is COC(=O)C1C(=O)C(C(=O)OC)C(Cc2ccccn2)NC1Cc1ccccn1. The fourth-order valence-electron chi connectivity index (χ4n) is 3.71. The number of carbonyl (C=O) groups is 3. The summed E-state index contributed by atoms with van der Waals surface area (Å²) in [6, 6.07) is 9.75. The molecular formula is C21H23N3O5. The predicted molar refractivity (Wildman–Crippen MR) is 103 cm³/mol. The van der Waals surface area contributed by atoms with Crippen LogP contribution in [0.5, 0.6) is 0 Å². The second kappa shape index (κ2) is 9.38. The summed E-state index contributed by atoms with van der Waals surface area (Å²) in [6.07, 6.45) is 3.96. The number of pyridine rings is 2. The van der Waals surface area contributed by atoms with E-state index >= 15 is 0 Å². The topological polar surface area (TPSA) is 107 Å². The Bertz CT molecular complexity index is 790. The quantitative estimate of drug-likeness (QED) is 0.562. The summed E-state index contributed by atoms with van der Waals surface area (Å²) in [4.78, 5) is 46.7. The van der Waals surface area contributed by atoms with Crippen LogP contribution in [-0.2, 0) is 36.7 Å². The minimum atomic E-state index is -1.13. The van der Waals surface area contributed by atoms with Crippen molar-refractivity contribution in [3.8, 4) is 0 Å². The second-order valence-electron chi connectivity index (χ2n) is 6.83. The molecule has 1 aliphatic rings. The monoisotopic (exact) mass is 397 g/mol. The number of nitrogens with one attached hydrogen (secondary N) is 1. The first-order chi connectivity index (χ1) is 14.0. The van der Waals surface area contributed by atoms with Crippen molar-refractivity contribution in [3.05, 3.63) is 60.2 Å². The third kappa shape index (κ3) is 4.65. The number of rotatable bonds is 6. The molecule has 29 heavy (non-hydrogen) atoms. The molecule has 0 amide bonds. The molecule has 1 fully saturated rings. The average molecular weight is 397 g/mol. The zero-order valence-corrected chi connectivity index (χ0v) is 16.3. The summed E-state index contributed by atoms with van der Waals surface area (Å²) in [5, 5.41) is 3.31. The van der Waals surface area contributed by atoms with E-state index in [-0.39, 0.29) is 0 Å². The highest BCUT2D eigenvalue weighted by molar-refractivity contribution is 6.10. The lowest BCUT2D eigenvalue weighted by atomic mass is 9.76. The zero-order chi connectivity index (χ0) is 20.8. The van der Waals surface area contributed by atoms with E-state index in [0.29, 0.717) is 12.8 Å². The van der Waals surface area contributed by atoms with Crippen LogP contribution in [-0.4, -0.2) is 54.0 Å². The van der Waals surface area contributed by atoms with Crippen LogP contribution in [0.25, 0.3) is 0 Å². The van der Waals surface area contributed by atoms with E-state index in [4.69, 9.17) is 9.47 Å². The number of Topliss-reactive ketones (excluding diaryl/α,β-unsaturated/α-hetero) is 1. The van der Waals surface area contributed by atoms with Gasteiger partial charge in [-0.2, -0.15) is 0 Å². The van der Waals surface area contributed by atoms with Crippen molar-refractivity contribution in [2.24, 2.45) is 11.8 Å². The van der Waals surface area contributed by atoms with E-state index in [9.17, 15) is 14.4 Å². The van der Waals surface area contributed by atoms with Crippen molar-refractivity contribution in [2.45, 2.75) is 24.9 Å². The molecule has 0 aliphatic carbocycles. The van der Waals surface area contributed by atoms with Gasteiger partial charge in [0, 0.05) is 48.7 Å². The van der Waals surface area contributed by atoms with Crippen molar-refractivity contribution in [1.82, 2.24) is 15.3 Å². The molecule has 0 aromatic carbocycles. The summed E-state index contributed by atoms with van der Waals surface area (Å²) in [7, 11) is 2.45. The summed E-state index contributed by atoms with van der Waals surface area (Å²) in [5.74, 6) is -4.15. The Kier molecular flexibility index (Phi) is 6.66. The van der Waals surface area contributed by atoms with E-state index in [1.54, 1.807) is 24.5 Å². The van der Waals surface area contributed by atoms with Gasteiger partial charge in [-0.05, 0) is 24.3 Å². The summed E-state index contributed by atoms with van der Waals surface area (Å²) >= 11 is 0. The highest BCUT2D eigenvalue weighted by Gasteiger charge is 2.51. The van der Waals surface area contributed by atoms with Crippen LogP contribution in [0.3, 0.4) is 0 Å². The molecule has 1 saturated heterocycles. The highest BCUT2D eigenvalue weighted by atomic mass is 16.5. The lowest BCUT2D eigenvalue weighted by molar-refractivity contribution is -0.160. The molecule has 0 saturated carbocycles. The summed E-state index contributed by atoms with van der Waals surface area (Å²) in [6.45, 7) is 0. The van der Waals surface area contributed by atoms with Crippen LogP contribution in [0, 0.1) is 11.8 Å². The second-order valence-corrected chi connectivity index (χ2v) is 6.83. The number of ketones is 1. The Morgan fingerprint density at radius 3 is 1.66 bits per heavy atom. The van der Waals surface area contributed by atoms with Gasteiger partial charge >= 0.3 is 11.9 Å². The number of esters is 2. The third-order valence-electron chi connectivity index (χ3n) is 5.07. The number of piperidine rings is 1. The minimum Gasteiger partial charge on any atom is -0.468 e. The lowest BCUT2D eigenvalue weighted by Crippen LogP contribution is -2.63. The predicted octanol–water partition coefficient (Wildman–Crippen LogP) is 0.750. The van der Waals surface area contributed by atoms with Crippen LogP contribution in [0.4, 0.5) is 0 Å². The standard InChI is InChI=1S/C21H23N3O5/c1-28-20(26)17-15(11-13-7-3-5-9-22-13)24-16(12-14-8-4-6-10-23-14)18(19(17)25)21(27)29-2/h3-10,15-18,24H,11-12H2,1-2H3. The minimum absolute atomic E-state index is 0.332. The maximum atomic E-state index is 13.2. The van der Waals surface area contributed by atoms with E-state index in [1.807, 2.05) is 24.3 Å². The van der Waals surface area contributed by atoms with Gasteiger partial charge in [-0.3, -0.25) is 24.4 Å². The molecule has 4 atom stereocenters. The molecule has 8 heteroatoms. The molecule has 4 unspecified atom stereocenters. The molecule has 2 aromatic rings. The summed E-state index contributed by atoms with van der Waals surface area (Å²) in [5.41, 5.74) is 1.44. The highest BCUT2D eigenvalue weighted by Crippen LogP contribution is 2.28. The molecule has 3 heterocycles. The third-order valence-corrected chi connectivity index (χ3v) is 5.07. The van der Waals surface area contributed by atoms with Gasteiger partial charge in [-0.15, -0.1) is 0 Å². The molecule has 8 nitrogen and oxygen atoms in total. The molecule has 2 aromatic heterocycles. The molecular weight excluding hydrogens is 374 g/mol. The average Bonchev–Trinajstić information content (AvgIpc) is 2.74. The fourth-order valence-corrected chi connectivity index (χ4v) is 3.71. The Labute approximate surface area is 168 Å². The number of ether oxygens (including phenoxy) is 2. The number of aromatic nitrogens is 2. The van der Waals surface area contributed by atoms with E-state index in [1.165, 1.54) is 14.2 Å². The maximum absolute atomic E-state index is 13.2. The van der Waals surface area contributed by atoms with Crippen molar-refractivity contribution in [2.75, 3.05) is 14.2 Å². The van der Waals surface area contributed by atoms with Gasteiger partial charge in [0.2, 0.25) is 0 Å². The van der Waals surface area contributed by atoms with Crippen LogP contribution in [0.15, 0.2) is 48.8 Å². The van der Waals surface area contributed by atoms with Crippen LogP contribution >= 0.6 is 0 Å². The first-order valence-corrected chi connectivity index (χ1v) is 9.30. The van der Waals surface area contributed by atoms with Gasteiger partial charge in [0.05, 0.1) is 14.2 Å². The van der Waals surface area contributed by atoms with Gasteiger partial charge in [-0.25, -0.2) is 0 Å². The van der Waals surface area contributed by atoms with Crippen molar-refractivity contribution < 1.29 is 23.9 Å². The van der Waals surface area contributed by atoms with Gasteiger partial charge in [0.15, 0.2) is 5.78 Å². The smallest absolute Gasteiger partial charge is 0.317 e. The van der Waals surface area contributed by atoms with Crippen LogP contribution in [0.2, 0.25) is 0 Å². The molecule has 0 radical (unpaired) electrons. The Balaban J connectivity index is 1.94. The first-order valence-electron chi connectivity index (χ1n) is 9.30. The van der Waals surface area contributed by atoms with Crippen LogP contribution in [0.1, 0.15) is 11.4 Å². The normalized spacial score (nSPS) is 24.0. The molecule has 3 rings (SSSR count). The number of hydrogen-bond acceptors (Lipinski definition) is 8.